The molecule has 7 nitrogen and oxygen atoms in total. The van der Waals surface area contributed by atoms with Gasteiger partial charge in [-0.25, -0.2) is 13.4 Å². The first-order chi connectivity index (χ1) is 13.0. The number of aryl methyl sites for hydroxylation is 2. The maximum atomic E-state index is 12.6. The molecule has 3 rings (SSSR count). The molecule has 0 spiro atoms. The number of aromatic nitrogens is 2. The molecule has 148 valence electrons. The highest BCUT2D eigenvalue weighted by Gasteiger charge is 2.27. The molecule has 0 saturated carbocycles. The van der Waals surface area contributed by atoms with Gasteiger partial charge in [0.25, 0.3) is 5.91 Å². The molecule has 2 N–H and O–H groups in total. The highest BCUT2D eigenvalue weighted by Crippen LogP contribution is 2.20. The second-order valence-electron chi connectivity index (χ2n) is 6.36. The van der Waals surface area contributed by atoms with E-state index in [0.717, 1.165) is 41.5 Å². The van der Waals surface area contributed by atoms with Crippen LogP contribution in [0.1, 0.15) is 34.0 Å². The van der Waals surface area contributed by atoms with Crippen molar-refractivity contribution in [2.24, 2.45) is 0 Å². The molecule has 0 unspecified atom stereocenters. The van der Waals surface area contributed by atoms with Gasteiger partial charge in [0.05, 0.1) is 5.01 Å². The average Bonchev–Trinajstić information content (AvgIpc) is 3.32. The van der Waals surface area contributed by atoms with E-state index in [0.29, 0.717) is 19.6 Å². The Labute approximate surface area is 168 Å². The van der Waals surface area contributed by atoms with Crippen LogP contribution in [0.4, 0.5) is 0 Å². The zero-order valence-corrected chi connectivity index (χ0v) is 17.7. The quantitative estimate of drug-likeness (QED) is 0.629. The lowest BCUT2D eigenvalue weighted by atomic mass is 10.2. The SMILES string of the molecule is Cc1csc(CCCCNC(=O)c2cc(S(=O)(=O)N3CCSCC3)c[nH]2)n1. The van der Waals surface area contributed by atoms with Gasteiger partial charge in [0.1, 0.15) is 10.6 Å². The largest absolute Gasteiger partial charge is 0.356 e. The summed E-state index contributed by atoms with van der Waals surface area (Å²) in [7, 11) is -3.53. The first kappa shape index (κ1) is 20.4. The second kappa shape index (κ2) is 9.22. The number of nitrogens with zero attached hydrogens (tertiary/aromatic N) is 2. The van der Waals surface area contributed by atoms with Crippen molar-refractivity contribution in [3.05, 3.63) is 34.0 Å². The van der Waals surface area contributed by atoms with Gasteiger partial charge < -0.3 is 10.3 Å². The lowest BCUT2D eigenvalue weighted by Crippen LogP contribution is -2.37. The monoisotopic (exact) mass is 428 g/mol. The van der Waals surface area contributed by atoms with Gasteiger partial charge in [-0.15, -0.1) is 11.3 Å². The average molecular weight is 429 g/mol. The molecule has 1 saturated heterocycles. The molecular formula is C17H24N4O3S3. The lowest BCUT2D eigenvalue weighted by molar-refractivity contribution is 0.0948. The fourth-order valence-electron chi connectivity index (χ4n) is 2.81. The highest BCUT2D eigenvalue weighted by atomic mass is 32.2. The molecule has 0 atom stereocenters. The smallest absolute Gasteiger partial charge is 0.267 e. The molecule has 2 aromatic rings. The van der Waals surface area contributed by atoms with Gasteiger partial charge >= 0.3 is 0 Å². The fraction of sp³-hybridized carbons (Fsp3) is 0.529. The summed E-state index contributed by atoms with van der Waals surface area (Å²) in [6.07, 6.45) is 4.11. The molecular weight excluding hydrogens is 404 g/mol. The van der Waals surface area contributed by atoms with Crippen LogP contribution in [0.15, 0.2) is 22.5 Å². The number of rotatable bonds is 8. The van der Waals surface area contributed by atoms with Gasteiger partial charge in [-0.05, 0) is 32.3 Å². The van der Waals surface area contributed by atoms with Crippen molar-refractivity contribution in [3.8, 4) is 0 Å². The number of aromatic amines is 1. The molecule has 1 fully saturated rings. The van der Waals surface area contributed by atoms with E-state index in [1.807, 2.05) is 12.3 Å². The van der Waals surface area contributed by atoms with E-state index in [1.165, 1.54) is 16.6 Å². The van der Waals surface area contributed by atoms with Crippen LogP contribution in [0, 0.1) is 6.92 Å². The highest BCUT2D eigenvalue weighted by molar-refractivity contribution is 7.99. The number of sulfonamides is 1. The molecule has 1 aliphatic rings. The van der Waals surface area contributed by atoms with E-state index in [1.54, 1.807) is 23.1 Å². The first-order valence-corrected chi connectivity index (χ1v) is 12.4. The summed E-state index contributed by atoms with van der Waals surface area (Å²) >= 11 is 3.41. The van der Waals surface area contributed by atoms with Crippen molar-refractivity contribution in [2.75, 3.05) is 31.1 Å². The number of thiazole rings is 1. The third kappa shape index (κ3) is 5.34. The van der Waals surface area contributed by atoms with Crippen LogP contribution in [0.25, 0.3) is 0 Å². The van der Waals surface area contributed by atoms with Gasteiger partial charge in [0.15, 0.2) is 0 Å². The van der Waals surface area contributed by atoms with Crippen LogP contribution in [-0.4, -0.2) is 59.7 Å². The van der Waals surface area contributed by atoms with Crippen LogP contribution in [0.5, 0.6) is 0 Å². The Balaban J connectivity index is 1.46. The minimum atomic E-state index is -3.53. The summed E-state index contributed by atoms with van der Waals surface area (Å²) in [5.41, 5.74) is 1.32. The van der Waals surface area contributed by atoms with Crippen molar-refractivity contribution in [1.29, 1.82) is 0 Å². The molecule has 0 aromatic carbocycles. The van der Waals surface area contributed by atoms with E-state index in [2.05, 4.69) is 15.3 Å². The van der Waals surface area contributed by atoms with Gasteiger partial charge in [0, 0.05) is 48.4 Å². The van der Waals surface area contributed by atoms with Gasteiger partial charge in [-0.3, -0.25) is 4.79 Å². The Kier molecular flexibility index (Phi) is 6.96. The maximum Gasteiger partial charge on any atom is 0.267 e. The molecule has 0 aliphatic carbocycles. The molecule has 3 heterocycles. The maximum absolute atomic E-state index is 12.6. The van der Waals surface area contributed by atoms with Crippen molar-refractivity contribution in [3.63, 3.8) is 0 Å². The number of thioether (sulfide) groups is 1. The third-order valence-electron chi connectivity index (χ3n) is 4.28. The zero-order valence-electron chi connectivity index (χ0n) is 15.2. The summed E-state index contributed by atoms with van der Waals surface area (Å²) in [4.78, 5) is 19.6. The summed E-state index contributed by atoms with van der Waals surface area (Å²) in [6, 6.07) is 1.42. The fourth-order valence-corrected chi connectivity index (χ4v) is 6.19. The predicted octanol–water partition coefficient (Wildman–Crippen LogP) is 2.27. The normalized spacial score (nSPS) is 15.7. The van der Waals surface area contributed by atoms with E-state index >= 15 is 0 Å². The number of hydrogen-bond donors (Lipinski definition) is 2. The molecule has 1 aliphatic heterocycles. The molecule has 2 aromatic heterocycles. The molecule has 1 amide bonds. The summed E-state index contributed by atoms with van der Waals surface area (Å²) in [5, 5.41) is 5.99. The van der Waals surface area contributed by atoms with Gasteiger partial charge in [-0.1, -0.05) is 0 Å². The van der Waals surface area contributed by atoms with Crippen molar-refractivity contribution < 1.29 is 13.2 Å². The van der Waals surface area contributed by atoms with Crippen LogP contribution in [0.3, 0.4) is 0 Å². The number of carbonyl (C=O) groups is 1. The van der Waals surface area contributed by atoms with Crippen LogP contribution < -0.4 is 5.32 Å². The minimum absolute atomic E-state index is 0.152. The van der Waals surface area contributed by atoms with E-state index < -0.39 is 10.0 Å². The number of H-pyrrole nitrogens is 1. The lowest BCUT2D eigenvalue weighted by Gasteiger charge is -2.24. The van der Waals surface area contributed by atoms with E-state index in [9.17, 15) is 13.2 Å². The molecule has 10 heteroatoms. The standard InChI is InChI=1S/C17H24N4O3S3/c1-13-12-26-16(20-13)4-2-3-5-18-17(22)15-10-14(11-19-15)27(23,24)21-6-8-25-9-7-21/h10-12,19H,2-9H2,1H3,(H,18,22). The number of unbranched alkanes of at least 4 members (excludes halogenated alkanes) is 1. The van der Waals surface area contributed by atoms with Crippen molar-refractivity contribution in [2.45, 2.75) is 31.1 Å². The van der Waals surface area contributed by atoms with Crippen LogP contribution in [0.2, 0.25) is 0 Å². The van der Waals surface area contributed by atoms with Crippen molar-refractivity contribution in [1.82, 2.24) is 19.6 Å². The van der Waals surface area contributed by atoms with Gasteiger partial charge in [0.2, 0.25) is 10.0 Å². The van der Waals surface area contributed by atoms with Crippen molar-refractivity contribution >= 4 is 39.0 Å². The minimum Gasteiger partial charge on any atom is -0.356 e. The zero-order chi connectivity index (χ0) is 19.3. The van der Waals surface area contributed by atoms with E-state index in [4.69, 9.17) is 0 Å². The summed E-state index contributed by atoms with van der Waals surface area (Å²) in [6.45, 7) is 3.56. The van der Waals surface area contributed by atoms with E-state index in [-0.39, 0.29) is 16.5 Å². The Morgan fingerprint density at radius 1 is 1.33 bits per heavy atom. The van der Waals surface area contributed by atoms with Crippen LogP contribution >= 0.6 is 23.1 Å². The van der Waals surface area contributed by atoms with Crippen LogP contribution in [-0.2, 0) is 16.4 Å². The number of nitrogens with one attached hydrogen (secondary N) is 2. The Morgan fingerprint density at radius 2 is 2.11 bits per heavy atom. The molecule has 0 radical (unpaired) electrons. The number of carbonyl (C=O) groups excluding carboxylic acids is 1. The second-order valence-corrected chi connectivity index (χ2v) is 10.5. The molecule has 27 heavy (non-hydrogen) atoms. The predicted molar refractivity (Wildman–Crippen MR) is 109 cm³/mol. The third-order valence-corrected chi connectivity index (χ3v) is 8.12. The summed E-state index contributed by atoms with van der Waals surface area (Å²) in [5.74, 6) is 1.32. The number of hydrogen-bond acceptors (Lipinski definition) is 6. The van der Waals surface area contributed by atoms with Gasteiger partial charge in [-0.2, -0.15) is 16.1 Å². The Morgan fingerprint density at radius 3 is 2.81 bits per heavy atom. The first-order valence-electron chi connectivity index (χ1n) is 8.92. The number of amides is 1. The molecule has 0 bridgehead atoms. The topological polar surface area (TPSA) is 95.2 Å². The summed E-state index contributed by atoms with van der Waals surface area (Å²) < 4.78 is 26.7. The Bertz CT molecular complexity index is 870. The Hall–Kier alpha value is -1.36.